The van der Waals surface area contributed by atoms with Crippen molar-refractivity contribution in [2.75, 3.05) is 5.32 Å². The summed E-state index contributed by atoms with van der Waals surface area (Å²) < 4.78 is 0. The normalized spacial score (nSPS) is 10.4. The molecule has 3 N–H and O–H groups in total. The van der Waals surface area contributed by atoms with Gasteiger partial charge in [-0.25, -0.2) is 0 Å². The molecule has 1 amide bonds. The summed E-state index contributed by atoms with van der Waals surface area (Å²) in [4.78, 5) is 22.7. The summed E-state index contributed by atoms with van der Waals surface area (Å²) in [5.41, 5.74) is 3.81. The van der Waals surface area contributed by atoms with E-state index in [0.29, 0.717) is 11.3 Å². The van der Waals surface area contributed by atoms with Gasteiger partial charge in [0.1, 0.15) is 0 Å². The van der Waals surface area contributed by atoms with E-state index in [-0.39, 0.29) is 18.7 Å². The van der Waals surface area contributed by atoms with E-state index in [1.165, 1.54) is 0 Å². The van der Waals surface area contributed by atoms with Gasteiger partial charge in [-0.1, -0.05) is 12.1 Å². The van der Waals surface area contributed by atoms with E-state index < -0.39 is 5.97 Å². The van der Waals surface area contributed by atoms with Crippen LogP contribution in [0.5, 0.6) is 0 Å². The van der Waals surface area contributed by atoms with Crippen LogP contribution in [0.3, 0.4) is 0 Å². The van der Waals surface area contributed by atoms with Gasteiger partial charge in [0.15, 0.2) is 0 Å². The minimum atomic E-state index is -0.900. The van der Waals surface area contributed by atoms with E-state index in [4.69, 9.17) is 5.11 Å². The Morgan fingerprint density at radius 2 is 2.05 bits per heavy atom. The molecule has 1 aromatic carbocycles. The Balaban J connectivity index is 2.04. The van der Waals surface area contributed by atoms with Gasteiger partial charge in [0.2, 0.25) is 5.91 Å². The van der Waals surface area contributed by atoms with Crippen molar-refractivity contribution >= 4 is 17.6 Å². The monoisotopic (exact) mass is 287 g/mol. The van der Waals surface area contributed by atoms with Crippen LogP contribution < -0.4 is 5.32 Å². The lowest BCUT2D eigenvalue weighted by Gasteiger charge is -2.07. The predicted molar refractivity (Wildman–Crippen MR) is 78.2 cm³/mol. The lowest BCUT2D eigenvalue weighted by molar-refractivity contribution is -0.136. The number of carboxylic acid groups (broad SMARTS) is 1. The van der Waals surface area contributed by atoms with Gasteiger partial charge in [0.25, 0.3) is 0 Å². The van der Waals surface area contributed by atoms with Crippen molar-refractivity contribution in [1.82, 2.24) is 10.2 Å². The van der Waals surface area contributed by atoms with E-state index in [0.717, 1.165) is 17.0 Å². The van der Waals surface area contributed by atoms with Crippen molar-refractivity contribution in [3.05, 3.63) is 46.8 Å². The molecule has 1 heterocycles. The Kier molecular flexibility index (Phi) is 4.37. The number of carbonyl (C=O) groups excluding carboxylic acids is 1. The number of H-pyrrole nitrogens is 1. The second-order valence-corrected chi connectivity index (χ2v) is 4.91. The predicted octanol–water partition coefficient (Wildman–Crippen LogP) is 1.83. The van der Waals surface area contributed by atoms with E-state index in [1.807, 2.05) is 13.8 Å². The Morgan fingerprint density at radius 3 is 2.67 bits per heavy atom. The number of nitrogens with zero attached hydrogens (tertiary/aromatic N) is 1. The number of amides is 1. The third-order valence-corrected chi connectivity index (χ3v) is 3.18. The van der Waals surface area contributed by atoms with Gasteiger partial charge in [-0.2, -0.15) is 5.10 Å². The smallest absolute Gasteiger partial charge is 0.307 e. The first kappa shape index (κ1) is 14.8. The van der Waals surface area contributed by atoms with Gasteiger partial charge in [-0.05, 0) is 31.5 Å². The van der Waals surface area contributed by atoms with Gasteiger partial charge in [-0.3, -0.25) is 14.7 Å². The fraction of sp³-hybridized carbons (Fsp3) is 0.267. The summed E-state index contributed by atoms with van der Waals surface area (Å²) in [7, 11) is 0. The van der Waals surface area contributed by atoms with E-state index >= 15 is 0 Å². The first-order chi connectivity index (χ1) is 9.95. The molecule has 0 bridgehead atoms. The molecule has 0 aliphatic rings. The SMILES string of the molecule is Cc1n[nH]c(C)c1CC(=O)Nc1cccc(CC(=O)O)c1. The number of aryl methyl sites for hydroxylation is 2. The minimum absolute atomic E-state index is 0.0658. The molecule has 0 fully saturated rings. The first-order valence-corrected chi connectivity index (χ1v) is 6.56. The van der Waals surface area contributed by atoms with E-state index in [1.54, 1.807) is 24.3 Å². The molecule has 21 heavy (non-hydrogen) atoms. The number of aliphatic carboxylic acids is 1. The highest BCUT2D eigenvalue weighted by molar-refractivity contribution is 5.92. The van der Waals surface area contributed by atoms with Crippen LogP contribution in [-0.2, 0) is 22.4 Å². The van der Waals surface area contributed by atoms with Gasteiger partial charge in [-0.15, -0.1) is 0 Å². The van der Waals surface area contributed by atoms with Crippen LogP contribution in [-0.4, -0.2) is 27.2 Å². The van der Waals surface area contributed by atoms with Crippen molar-refractivity contribution in [2.24, 2.45) is 0 Å². The molecular formula is C15H17N3O3. The second kappa shape index (κ2) is 6.21. The van der Waals surface area contributed by atoms with Crippen molar-refractivity contribution in [2.45, 2.75) is 26.7 Å². The van der Waals surface area contributed by atoms with E-state index in [9.17, 15) is 9.59 Å². The molecule has 0 atom stereocenters. The lowest BCUT2D eigenvalue weighted by Crippen LogP contribution is -2.15. The van der Waals surface area contributed by atoms with Crippen molar-refractivity contribution in [3.63, 3.8) is 0 Å². The van der Waals surface area contributed by atoms with Crippen LogP contribution in [0.25, 0.3) is 0 Å². The quantitative estimate of drug-likeness (QED) is 0.782. The molecule has 6 nitrogen and oxygen atoms in total. The van der Waals surface area contributed by atoms with Crippen LogP contribution in [0.2, 0.25) is 0 Å². The largest absolute Gasteiger partial charge is 0.481 e. The molecule has 110 valence electrons. The number of benzene rings is 1. The average Bonchev–Trinajstić information content (AvgIpc) is 2.70. The minimum Gasteiger partial charge on any atom is -0.481 e. The van der Waals surface area contributed by atoms with E-state index in [2.05, 4.69) is 15.5 Å². The number of carbonyl (C=O) groups is 2. The Morgan fingerprint density at radius 1 is 1.29 bits per heavy atom. The molecule has 0 aliphatic carbocycles. The first-order valence-electron chi connectivity index (χ1n) is 6.56. The number of hydrogen-bond acceptors (Lipinski definition) is 3. The summed E-state index contributed by atoms with van der Waals surface area (Å²) in [5.74, 6) is -1.06. The number of carboxylic acids is 1. The summed E-state index contributed by atoms with van der Waals surface area (Å²) in [6.07, 6.45) is 0.168. The highest BCUT2D eigenvalue weighted by Gasteiger charge is 2.12. The summed E-state index contributed by atoms with van der Waals surface area (Å²) >= 11 is 0. The number of hydrogen-bond donors (Lipinski definition) is 3. The number of aromatic nitrogens is 2. The van der Waals surface area contributed by atoms with Gasteiger partial charge in [0.05, 0.1) is 18.5 Å². The standard InChI is InChI=1S/C15H17N3O3/c1-9-13(10(2)18-17-9)8-14(19)16-12-5-3-4-11(6-12)7-15(20)21/h3-6H,7-8H2,1-2H3,(H,16,19)(H,17,18)(H,20,21). The zero-order chi connectivity index (χ0) is 15.4. The molecule has 0 saturated carbocycles. The fourth-order valence-corrected chi connectivity index (χ4v) is 2.13. The lowest BCUT2D eigenvalue weighted by atomic mass is 10.1. The maximum atomic E-state index is 12.0. The third kappa shape index (κ3) is 3.92. The fourth-order valence-electron chi connectivity index (χ4n) is 2.13. The van der Waals surface area contributed by atoms with Crippen LogP contribution in [0.15, 0.2) is 24.3 Å². The number of aromatic amines is 1. The number of nitrogens with one attached hydrogen (secondary N) is 2. The molecule has 0 aliphatic heterocycles. The molecule has 0 saturated heterocycles. The van der Waals surface area contributed by atoms with Crippen molar-refractivity contribution < 1.29 is 14.7 Å². The average molecular weight is 287 g/mol. The molecule has 0 radical (unpaired) electrons. The Hall–Kier alpha value is -2.63. The Labute approximate surface area is 122 Å². The van der Waals surface area contributed by atoms with Gasteiger partial charge in [0, 0.05) is 16.9 Å². The van der Waals surface area contributed by atoms with Crippen molar-refractivity contribution in [3.8, 4) is 0 Å². The second-order valence-electron chi connectivity index (χ2n) is 4.91. The van der Waals surface area contributed by atoms with Gasteiger partial charge >= 0.3 is 5.97 Å². The summed E-state index contributed by atoms with van der Waals surface area (Å²) in [6, 6.07) is 6.84. The molecule has 0 unspecified atom stereocenters. The summed E-state index contributed by atoms with van der Waals surface area (Å²) in [6.45, 7) is 3.72. The van der Waals surface area contributed by atoms with Crippen LogP contribution in [0.1, 0.15) is 22.5 Å². The molecule has 6 heteroatoms. The highest BCUT2D eigenvalue weighted by Crippen LogP contribution is 2.14. The molecule has 2 rings (SSSR count). The molecular weight excluding hydrogens is 270 g/mol. The molecule has 1 aromatic heterocycles. The van der Waals surface area contributed by atoms with Crippen LogP contribution in [0.4, 0.5) is 5.69 Å². The third-order valence-electron chi connectivity index (χ3n) is 3.18. The zero-order valence-corrected chi connectivity index (χ0v) is 11.9. The number of rotatable bonds is 5. The van der Waals surface area contributed by atoms with Crippen LogP contribution in [0, 0.1) is 13.8 Å². The highest BCUT2D eigenvalue weighted by atomic mass is 16.4. The van der Waals surface area contributed by atoms with Gasteiger partial charge < -0.3 is 10.4 Å². The molecule has 2 aromatic rings. The summed E-state index contributed by atoms with van der Waals surface area (Å²) in [5, 5.41) is 18.4. The maximum absolute atomic E-state index is 12.0. The van der Waals surface area contributed by atoms with Crippen molar-refractivity contribution in [1.29, 1.82) is 0 Å². The number of anilines is 1. The maximum Gasteiger partial charge on any atom is 0.307 e. The zero-order valence-electron chi connectivity index (χ0n) is 11.9. The molecule has 0 spiro atoms. The van der Waals surface area contributed by atoms with Crippen LogP contribution >= 0.6 is 0 Å². The topological polar surface area (TPSA) is 95.1 Å². The Bertz CT molecular complexity index is 657.